The van der Waals surface area contributed by atoms with Gasteiger partial charge < -0.3 is 11.1 Å². The number of hydrogen-bond acceptors (Lipinski definition) is 3. The van der Waals surface area contributed by atoms with Crippen molar-refractivity contribution >= 4 is 17.3 Å². The van der Waals surface area contributed by atoms with Gasteiger partial charge in [-0.1, -0.05) is 6.07 Å². The minimum absolute atomic E-state index is 0.105. The summed E-state index contributed by atoms with van der Waals surface area (Å²) < 4.78 is 13.3. The van der Waals surface area contributed by atoms with Crippen LogP contribution in [-0.2, 0) is 0 Å². The van der Waals surface area contributed by atoms with Gasteiger partial charge in [-0.05, 0) is 31.5 Å². The summed E-state index contributed by atoms with van der Waals surface area (Å²) in [5.41, 5.74) is 7.58. The highest BCUT2D eigenvalue weighted by atomic mass is 19.1. The molecule has 0 atom stereocenters. The first-order chi connectivity index (χ1) is 8.49. The number of halogens is 1. The maximum atomic E-state index is 13.3. The Kier molecular flexibility index (Phi) is 3.01. The van der Waals surface area contributed by atoms with Gasteiger partial charge in [0.05, 0.1) is 11.4 Å². The molecular weight excluding hydrogens is 235 g/mol. The molecule has 6 heteroatoms. The van der Waals surface area contributed by atoms with E-state index in [0.717, 1.165) is 0 Å². The van der Waals surface area contributed by atoms with Crippen LogP contribution in [0.2, 0.25) is 0 Å². The highest BCUT2D eigenvalue weighted by Crippen LogP contribution is 2.17. The molecule has 2 rings (SSSR count). The van der Waals surface area contributed by atoms with Gasteiger partial charge in [0.25, 0.3) is 5.91 Å². The van der Waals surface area contributed by atoms with Gasteiger partial charge in [-0.25, -0.2) is 4.39 Å². The highest BCUT2D eigenvalue weighted by molar-refractivity contribution is 6.06. The van der Waals surface area contributed by atoms with E-state index in [1.165, 1.54) is 6.07 Å². The van der Waals surface area contributed by atoms with Crippen LogP contribution >= 0.6 is 0 Å². The SMILES string of the molecule is Cc1ccc(NC(=O)c2n[nH]c(C)c2N)cc1F. The molecule has 0 bridgehead atoms. The first-order valence-corrected chi connectivity index (χ1v) is 5.37. The summed E-state index contributed by atoms with van der Waals surface area (Å²) in [6.07, 6.45) is 0. The molecule has 2 aromatic rings. The largest absolute Gasteiger partial charge is 0.395 e. The molecule has 0 unspecified atom stereocenters. The fraction of sp³-hybridized carbons (Fsp3) is 0.167. The number of aromatic amines is 1. The lowest BCUT2D eigenvalue weighted by molar-refractivity contribution is 0.102. The molecule has 0 radical (unpaired) electrons. The second-order valence-electron chi connectivity index (χ2n) is 4.03. The summed E-state index contributed by atoms with van der Waals surface area (Å²) in [6, 6.07) is 4.46. The van der Waals surface area contributed by atoms with E-state index >= 15 is 0 Å². The number of nitrogens with two attached hydrogens (primary N) is 1. The van der Waals surface area contributed by atoms with Gasteiger partial charge in [0.15, 0.2) is 5.69 Å². The average molecular weight is 248 g/mol. The molecule has 1 aromatic carbocycles. The van der Waals surface area contributed by atoms with Crippen LogP contribution in [0.15, 0.2) is 18.2 Å². The van der Waals surface area contributed by atoms with Crippen LogP contribution < -0.4 is 11.1 Å². The van der Waals surface area contributed by atoms with Crippen molar-refractivity contribution in [2.75, 3.05) is 11.1 Å². The Morgan fingerprint density at radius 3 is 2.72 bits per heavy atom. The summed E-state index contributed by atoms with van der Waals surface area (Å²) in [5, 5.41) is 8.95. The molecule has 1 aromatic heterocycles. The number of H-pyrrole nitrogens is 1. The smallest absolute Gasteiger partial charge is 0.278 e. The Bertz CT molecular complexity index is 606. The Morgan fingerprint density at radius 1 is 1.44 bits per heavy atom. The number of rotatable bonds is 2. The van der Waals surface area contributed by atoms with Crippen molar-refractivity contribution in [3.05, 3.63) is 41.0 Å². The van der Waals surface area contributed by atoms with Gasteiger partial charge in [0.2, 0.25) is 0 Å². The lowest BCUT2D eigenvalue weighted by atomic mass is 10.2. The molecule has 0 aliphatic carbocycles. The summed E-state index contributed by atoms with van der Waals surface area (Å²) in [4.78, 5) is 11.8. The van der Waals surface area contributed by atoms with Gasteiger partial charge in [-0.2, -0.15) is 5.10 Å². The van der Waals surface area contributed by atoms with Crippen molar-refractivity contribution in [3.8, 4) is 0 Å². The molecule has 1 heterocycles. The lowest BCUT2D eigenvalue weighted by Gasteiger charge is -2.05. The van der Waals surface area contributed by atoms with E-state index in [-0.39, 0.29) is 11.5 Å². The summed E-state index contributed by atoms with van der Waals surface area (Å²) in [5.74, 6) is -0.848. The molecule has 94 valence electrons. The second-order valence-corrected chi connectivity index (χ2v) is 4.03. The fourth-order valence-corrected chi connectivity index (χ4v) is 1.47. The normalized spacial score (nSPS) is 10.4. The molecule has 4 N–H and O–H groups in total. The Balaban J connectivity index is 2.21. The van der Waals surface area contributed by atoms with Crippen LogP contribution in [0.3, 0.4) is 0 Å². The van der Waals surface area contributed by atoms with Crippen molar-refractivity contribution in [1.82, 2.24) is 10.2 Å². The molecule has 0 spiro atoms. The van der Waals surface area contributed by atoms with Crippen molar-refractivity contribution in [2.45, 2.75) is 13.8 Å². The number of nitrogens with zero attached hydrogens (tertiary/aromatic N) is 1. The number of carbonyl (C=O) groups excluding carboxylic acids is 1. The number of hydrogen-bond donors (Lipinski definition) is 3. The van der Waals surface area contributed by atoms with Gasteiger partial charge in [-0.15, -0.1) is 0 Å². The first-order valence-electron chi connectivity index (χ1n) is 5.37. The zero-order valence-corrected chi connectivity index (χ0v) is 10.0. The molecule has 0 fully saturated rings. The number of nitrogens with one attached hydrogen (secondary N) is 2. The number of anilines is 2. The maximum Gasteiger partial charge on any atom is 0.278 e. The molecule has 0 aliphatic rings. The molecule has 0 saturated carbocycles. The fourth-order valence-electron chi connectivity index (χ4n) is 1.47. The Hall–Kier alpha value is -2.37. The van der Waals surface area contributed by atoms with E-state index in [2.05, 4.69) is 15.5 Å². The van der Waals surface area contributed by atoms with Crippen LogP contribution in [0, 0.1) is 19.7 Å². The molecule has 0 saturated heterocycles. The number of carbonyl (C=O) groups is 1. The minimum Gasteiger partial charge on any atom is -0.395 e. The highest BCUT2D eigenvalue weighted by Gasteiger charge is 2.15. The average Bonchev–Trinajstić information content (AvgIpc) is 2.65. The monoisotopic (exact) mass is 248 g/mol. The third-order valence-electron chi connectivity index (χ3n) is 2.64. The van der Waals surface area contributed by atoms with Gasteiger partial charge in [-0.3, -0.25) is 9.89 Å². The van der Waals surface area contributed by atoms with Gasteiger partial charge in [0.1, 0.15) is 5.82 Å². The topological polar surface area (TPSA) is 83.8 Å². The predicted molar refractivity (Wildman–Crippen MR) is 66.8 cm³/mol. The minimum atomic E-state index is -0.472. The van der Waals surface area contributed by atoms with E-state index in [1.54, 1.807) is 26.0 Å². The van der Waals surface area contributed by atoms with Crippen LogP contribution in [0.5, 0.6) is 0 Å². The van der Waals surface area contributed by atoms with Crippen molar-refractivity contribution in [1.29, 1.82) is 0 Å². The number of benzene rings is 1. The van der Waals surface area contributed by atoms with Gasteiger partial charge >= 0.3 is 0 Å². The predicted octanol–water partition coefficient (Wildman–Crippen LogP) is 2.00. The van der Waals surface area contributed by atoms with E-state index in [0.29, 0.717) is 22.6 Å². The first kappa shape index (κ1) is 12.1. The quantitative estimate of drug-likeness (QED) is 0.760. The van der Waals surface area contributed by atoms with E-state index in [1.807, 2.05) is 0 Å². The standard InChI is InChI=1S/C12H13FN4O/c1-6-3-4-8(5-9(6)13)15-12(18)11-10(14)7(2)16-17-11/h3-5H,14H2,1-2H3,(H,15,18)(H,16,17). The third-order valence-corrected chi connectivity index (χ3v) is 2.64. The Morgan fingerprint density at radius 2 is 2.17 bits per heavy atom. The van der Waals surface area contributed by atoms with Crippen molar-refractivity contribution in [2.24, 2.45) is 0 Å². The number of amides is 1. The van der Waals surface area contributed by atoms with E-state index < -0.39 is 5.91 Å². The molecule has 0 aliphatic heterocycles. The van der Waals surface area contributed by atoms with E-state index in [9.17, 15) is 9.18 Å². The van der Waals surface area contributed by atoms with Crippen molar-refractivity contribution < 1.29 is 9.18 Å². The summed E-state index contributed by atoms with van der Waals surface area (Å²) in [7, 11) is 0. The third kappa shape index (κ3) is 2.17. The van der Waals surface area contributed by atoms with Crippen molar-refractivity contribution in [3.63, 3.8) is 0 Å². The molecule has 18 heavy (non-hydrogen) atoms. The van der Waals surface area contributed by atoms with Crippen LogP contribution in [-0.4, -0.2) is 16.1 Å². The van der Waals surface area contributed by atoms with Crippen LogP contribution in [0.4, 0.5) is 15.8 Å². The van der Waals surface area contributed by atoms with Crippen LogP contribution in [0.1, 0.15) is 21.7 Å². The zero-order chi connectivity index (χ0) is 13.3. The van der Waals surface area contributed by atoms with Gasteiger partial charge in [0, 0.05) is 5.69 Å². The maximum absolute atomic E-state index is 13.3. The molecular formula is C12H13FN4O. The summed E-state index contributed by atoms with van der Waals surface area (Å²) in [6.45, 7) is 3.36. The second kappa shape index (κ2) is 4.48. The summed E-state index contributed by atoms with van der Waals surface area (Å²) >= 11 is 0. The number of nitrogen functional groups attached to an aromatic ring is 1. The number of aryl methyl sites for hydroxylation is 2. The Labute approximate surface area is 103 Å². The molecule has 1 amide bonds. The lowest BCUT2D eigenvalue weighted by Crippen LogP contribution is -2.14. The van der Waals surface area contributed by atoms with Crippen LogP contribution in [0.25, 0.3) is 0 Å². The molecule has 5 nitrogen and oxygen atoms in total. The zero-order valence-electron chi connectivity index (χ0n) is 10.0. The van der Waals surface area contributed by atoms with E-state index in [4.69, 9.17) is 5.73 Å². The number of aromatic nitrogens is 2.